The summed E-state index contributed by atoms with van der Waals surface area (Å²) in [4.78, 5) is 0. The van der Waals surface area contributed by atoms with E-state index < -0.39 is 5.41 Å². The van der Waals surface area contributed by atoms with E-state index in [2.05, 4.69) is 189 Å². The van der Waals surface area contributed by atoms with E-state index in [4.69, 9.17) is 9.47 Å². The molecule has 7 rings (SSSR count). The summed E-state index contributed by atoms with van der Waals surface area (Å²) >= 11 is 0. The Labute approximate surface area is 305 Å². The molecule has 6 aromatic carbocycles. The van der Waals surface area contributed by atoms with E-state index in [-0.39, 0.29) is 0 Å². The topological polar surface area (TPSA) is 18.5 Å². The van der Waals surface area contributed by atoms with Crippen LogP contribution in [-0.2, 0) is 5.41 Å². The molecule has 0 amide bonds. The average Bonchev–Trinajstić information content (AvgIpc) is 3.43. The molecule has 0 unspecified atom stereocenters. The summed E-state index contributed by atoms with van der Waals surface area (Å²) in [5.41, 5.74) is 12.5. The van der Waals surface area contributed by atoms with Gasteiger partial charge in [0.15, 0.2) is 0 Å². The fraction of sp³-hybridized carbons (Fsp3) is 0.265. The predicted octanol–water partition coefficient (Wildman–Crippen LogP) is 14.1. The highest BCUT2D eigenvalue weighted by molar-refractivity contribution is 5.86. The van der Waals surface area contributed by atoms with Gasteiger partial charge in [0, 0.05) is 0 Å². The molecule has 2 nitrogen and oxygen atoms in total. The van der Waals surface area contributed by atoms with Crippen LogP contribution in [0.15, 0.2) is 133 Å². The van der Waals surface area contributed by atoms with Crippen LogP contribution < -0.4 is 9.47 Å². The molecule has 0 atom stereocenters. The summed E-state index contributed by atoms with van der Waals surface area (Å²) in [5.74, 6) is 5.19. The molecule has 1 aliphatic carbocycles. The summed E-state index contributed by atoms with van der Waals surface area (Å²) in [6.07, 6.45) is 0. The third-order valence-electron chi connectivity index (χ3n) is 10.6. The second kappa shape index (κ2) is 13.9. The van der Waals surface area contributed by atoms with Gasteiger partial charge < -0.3 is 9.47 Å². The monoisotopic (exact) mass is 670 g/mol. The first-order valence-electron chi connectivity index (χ1n) is 18.6. The highest BCUT2D eigenvalue weighted by atomic mass is 16.5. The highest BCUT2D eigenvalue weighted by Gasteiger charge is 2.45. The quantitative estimate of drug-likeness (QED) is 0.144. The number of benzene rings is 6. The predicted molar refractivity (Wildman–Crippen MR) is 213 cm³/mol. The molecule has 51 heavy (non-hydrogen) atoms. The summed E-state index contributed by atoms with van der Waals surface area (Å²) in [6.45, 7) is 18.0. The molecule has 258 valence electrons. The molecule has 0 saturated carbocycles. The maximum Gasteiger partial charge on any atom is 0.127 e. The van der Waals surface area contributed by atoms with Gasteiger partial charge in [-0.3, -0.25) is 0 Å². The van der Waals surface area contributed by atoms with Crippen LogP contribution in [0.25, 0.3) is 11.1 Å². The Balaban J connectivity index is 1.28. The number of fused-ring (bicyclic) bond motifs is 3. The van der Waals surface area contributed by atoms with Gasteiger partial charge in [-0.05, 0) is 128 Å². The maximum atomic E-state index is 6.50. The molecule has 0 heterocycles. The molecule has 0 radical (unpaired) electrons. The zero-order chi connectivity index (χ0) is 35.9. The van der Waals surface area contributed by atoms with E-state index in [1.54, 1.807) is 0 Å². The Morgan fingerprint density at radius 3 is 1.04 bits per heavy atom. The molecule has 0 aromatic heterocycles. The van der Waals surface area contributed by atoms with Gasteiger partial charge in [-0.25, -0.2) is 0 Å². The molecule has 0 N–H and O–H groups in total. The van der Waals surface area contributed by atoms with Gasteiger partial charge in [-0.15, -0.1) is 0 Å². The fourth-order valence-electron chi connectivity index (χ4n) is 8.13. The standard InChI is InChI=1S/C49H50O2/c1-31(2)41-27-25-39(29-45(41)33(5)6)50-37-21-17-35(18-22-37)49(47-15-11-9-13-43(47)44-14-10-12-16-48(44)49)36-19-23-38(24-20-36)51-40-26-28-42(32(3)4)46(30-40)34(7)8/h9-34H,1-8H3. The van der Waals surface area contributed by atoms with Gasteiger partial charge in [0.1, 0.15) is 23.0 Å². The molecule has 0 bridgehead atoms. The lowest BCUT2D eigenvalue weighted by Crippen LogP contribution is -2.28. The number of hydrogen-bond donors (Lipinski definition) is 0. The Hall–Kier alpha value is -5.08. The first kappa shape index (κ1) is 34.4. The number of rotatable bonds is 10. The van der Waals surface area contributed by atoms with Gasteiger partial charge in [0.05, 0.1) is 5.41 Å². The van der Waals surface area contributed by atoms with Crippen molar-refractivity contribution in [3.8, 4) is 34.1 Å². The van der Waals surface area contributed by atoms with Crippen LogP contribution in [0.2, 0.25) is 0 Å². The van der Waals surface area contributed by atoms with Crippen molar-refractivity contribution >= 4 is 0 Å². The Morgan fingerprint density at radius 2 is 0.686 bits per heavy atom. The second-order valence-corrected chi connectivity index (χ2v) is 15.3. The van der Waals surface area contributed by atoms with Crippen LogP contribution in [-0.4, -0.2) is 0 Å². The molecular weight excluding hydrogens is 621 g/mol. The first-order chi connectivity index (χ1) is 24.6. The molecule has 2 heteroatoms. The van der Waals surface area contributed by atoms with Crippen LogP contribution in [0, 0.1) is 0 Å². The minimum atomic E-state index is -0.502. The minimum absolute atomic E-state index is 0.426. The van der Waals surface area contributed by atoms with E-state index in [1.165, 1.54) is 55.6 Å². The second-order valence-electron chi connectivity index (χ2n) is 15.3. The van der Waals surface area contributed by atoms with Crippen molar-refractivity contribution in [3.63, 3.8) is 0 Å². The van der Waals surface area contributed by atoms with Crippen molar-refractivity contribution in [1.29, 1.82) is 0 Å². The largest absolute Gasteiger partial charge is 0.457 e. The minimum Gasteiger partial charge on any atom is -0.457 e. The van der Waals surface area contributed by atoms with Crippen LogP contribution in [0.4, 0.5) is 0 Å². The third-order valence-corrected chi connectivity index (χ3v) is 10.6. The zero-order valence-corrected chi connectivity index (χ0v) is 31.3. The van der Waals surface area contributed by atoms with Gasteiger partial charge in [-0.2, -0.15) is 0 Å². The van der Waals surface area contributed by atoms with E-state index in [1.807, 2.05) is 0 Å². The van der Waals surface area contributed by atoms with E-state index in [0.29, 0.717) is 23.7 Å². The van der Waals surface area contributed by atoms with E-state index in [9.17, 15) is 0 Å². The van der Waals surface area contributed by atoms with Gasteiger partial charge >= 0.3 is 0 Å². The average molecular weight is 671 g/mol. The molecule has 1 aliphatic rings. The van der Waals surface area contributed by atoms with Crippen molar-refractivity contribution in [1.82, 2.24) is 0 Å². The van der Waals surface area contributed by atoms with Gasteiger partial charge in [-0.1, -0.05) is 140 Å². The Bertz CT molecular complexity index is 1990. The molecular formula is C49H50O2. The Kier molecular flexibility index (Phi) is 9.38. The summed E-state index contributed by atoms with van der Waals surface area (Å²) in [7, 11) is 0. The van der Waals surface area contributed by atoms with Crippen LogP contribution in [0.5, 0.6) is 23.0 Å². The first-order valence-corrected chi connectivity index (χ1v) is 18.6. The molecule has 0 aliphatic heterocycles. The summed E-state index contributed by atoms with van der Waals surface area (Å²) in [5, 5.41) is 0. The summed E-state index contributed by atoms with van der Waals surface area (Å²) in [6, 6.07) is 48.2. The highest BCUT2D eigenvalue weighted by Crippen LogP contribution is 2.56. The lowest BCUT2D eigenvalue weighted by Gasteiger charge is -2.34. The molecule has 0 saturated heterocycles. The maximum absolute atomic E-state index is 6.50. The zero-order valence-electron chi connectivity index (χ0n) is 31.3. The van der Waals surface area contributed by atoms with Gasteiger partial charge in [0.2, 0.25) is 0 Å². The van der Waals surface area contributed by atoms with Crippen molar-refractivity contribution in [2.45, 2.75) is 84.5 Å². The van der Waals surface area contributed by atoms with Crippen molar-refractivity contribution < 1.29 is 9.47 Å². The van der Waals surface area contributed by atoms with Crippen molar-refractivity contribution in [2.75, 3.05) is 0 Å². The van der Waals surface area contributed by atoms with Crippen LogP contribution >= 0.6 is 0 Å². The fourth-order valence-corrected chi connectivity index (χ4v) is 8.13. The molecule has 0 spiro atoms. The van der Waals surface area contributed by atoms with E-state index >= 15 is 0 Å². The van der Waals surface area contributed by atoms with E-state index in [0.717, 1.165) is 23.0 Å². The number of hydrogen-bond acceptors (Lipinski definition) is 2. The smallest absolute Gasteiger partial charge is 0.127 e. The van der Waals surface area contributed by atoms with Crippen molar-refractivity contribution in [3.05, 3.63) is 178 Å². The molecule has 0 fully saturated rings. The lowest BCUT2D eigenvalue weighted by atomic mass is 9.68. The Morgan fingerprint density at radius 1 is 0.353 bits per heavy atom. The van der Waals surface area contributed by atoms with Crippen LogP contribution in [0.3, 0.4) is 0 Å². The van der Waals surface area contributed by atoms with Crippen LogP contribution in [0.1, 0.15) is 124 Å². The SMILES string of the molecule is CC(C)c1ccc(Oc2ccc(C3(c4ccc(Oc5ccc(C(C)C)c(C(C)C)c5)cc4)c4ccccc4-c4ccccc43)cc2)cc1C(C)C. The van der Waals surface area contributed by atoms with Gasteiger partial charge in [0.25, 0.3) is 0 Å². The normalized spacial score (nSPS) is 13.2. The number of ether oxygens (including phenoxy) is 2. The van der Waals surface area contributed by atoms with Crippen molar-refractivity contribution in [2.24, 2.45) is 0 Å². The lowest BCUT2D eigenvalue weighted by molar-refractivity contribution is 0.480. The molecule has 6 aromatic rings. The summed E-state index contributed by atoms with van der Waals surface area (Å²) < 4.78 is 13.0. The third kappa shape index (κ3) is 6.27.